The molecule has 0 aliphatic rings. The fourth-order valence-electron chi connectivity index (χ4n) is 1.67. The summed E-state index contributed by atoms with van der Waals surface area (Å²) >= 11 is 1.72. The Bertz CT molecular complexity index is 441. The number of anilines is 1. The molecule has 4 heteroatoms. The molecule has 0 radical (unpaired) electrons. The van der Waals surface area contributed by atoms with Gasteiger partial charge in [0.05, 0.1) is 6.61 Å². The van der Waals surface area contributed by atoms with E-state index >= 15 is 0 Å². The van der Waals surface area contributed by atoms with E-state index in [1.807, 2.05) is 12.3 Å². The molecule has 1 N–H and O–H groups in total. The van der Waals surface area contributed by atoms with Crippen molar-refractivity contribution in [2.24, 2.45) is 0 Å². The summed E-state index contributed by atoms with van der Waals surface area (Å²) in [5, 5.41) is 12.2. The Morgan fingerprint density at radius 1 is 1.47 bits per heavy atom. The van der Waals surface area contributed by atoms with E-state index in [0.29, 0.717) is 6.54 Å². The summed E-state index contributed by atoms with van der Waals surface area (Å²) in [5.41, 5.74) is 0. The predicted molar refractivity (Wildman–Crippen MR) is 64.6 cm³/mol. The Labute approximate surface area is 93.0 Å². The van der Waals surface area contributed by atoms with Gasteiger partial charge in [-0.25, -0.2) is 4.98 Å². The van der Waals surface area contributed by atoms with Crippen molar-refractivity contribution in [3.05, 3.63) is 23.7 Å². The summed E-state index contributed by atoms with van der Waals surface area (Å²) in [4.78, 5) is 6.48. The van der Waals surface area contributed by atoms with Crippen LogP contribution >= 0.6 is 11.3 Å². The molecule has 0 unspecified atom stereocenters. The van der Waals surface area contributed by atoms with Crippen LogP contribution in [0.4, 0.5) is 5.82 Å². The second-order valence-electron chi connectivity index (χ2n) is 3.27. The lowest BCUT2D eigenvalue weighted by Crippen LogP contribution is -2.27. The minimum absolute atomic E-state index is 0.163. The van der Waals surface area contributed by atoms with Crippen LogP contribution in [-0.2, 0) is 0 Å². The van der Waals surface area contributed by atoms with Gasteiger partial charge in [0.1, 0.15) is 5.82 Å². The van der Waals surface area contributed by atoms with Crippen molar-refractivity contribution in [3.63, 3.8) is 0 Å². The first-order valence-corrected chi connectivity index (χ1v) is 5.92. The molecule has 0 atom stereocenters. The Kier molecular flexibility index (Phi) is 3.18. The van der Waals surface area contributed by atoms with E-state index in [-0.39, 0.29) is 6.61 Å². The van der Waals surface area contributed by atoms with Gasteiger partial charge in [-0.3, -0.25) is 0 Å². The molecule has 80 valence electrons. The zero-order valence-electron chi connectivity index (χ0n) is 8.68. The molecule has 15 heavy (non-hydrogen) atoms. The molecule has 0 spiro atoms. The number of aliphatic hydroxyl groups is 1. The Morgan fingerprint density at radius 3 is 3.07 bits per heavy atom. The Morgan fingerprint density at radius 2 is 2.33 bits per heavy atom. The minimum atomic E-state index is 0.163. The van der Waals surface area contributed by atoms with Gasteiger partial charge in [-0.2, -0.15) is 0 Å². The number of fused-ring (bicyclic) bond motifs is 1. The highest BCUT2D eigenvalue weighted by Gasteiger charge is 2.09. The second-order valence-corrected chi connectivity index (χ2v) is 4.22. The lowest BCUT2D eigenvalue weighted by Gasteiger charge is -2.21. The van der Waals surface area contributed by atoms with E-state index in [2.05, 4.69) is 28.3 Å². The van der Waals surface area contributed by atoms with Crippen molar-refractivity contribution in [2.45, 2.75) is 6.92 Å². The summed E-state index contributed by atoms with van der Waals surface area (Å²) in [5.74, 6) is 0.977. The lowest BCUT2D eigenvalue weighted by molar-refractivity contribution is 0.302. The molecule has 2 aromatic rings. The molecule has 0 fully saturated rings. The van der Waals surface area contributed by atoms with Crippen LogP contribution in [-0.4, -0.2) is 29.8 Å². The van der Waals surface area contributed by atoms with Crippen molar-refractivity contribution >= 4 is 27.2 Å². The van der Waals surface area contributed by atoms with Crippen molar-refractivity contribution in [1.29, 1.82) is 0 Å². The smallest absolute Gasteiger partial charge is 0.137 e. The SMILES string of the molecule is CCN(CCO)c1nccc2sccc12. The Hall–Kier alpha value is -1.13. The molecule has 0 saturated carbocycles. The number of aliphatic hydroxyl groups excluding tert-OH is 1. The van der Waals surface area contributed by atoms with Crippen molar-refractivity contribution < 1.29 is 5.11 Å². The Balaban J connectivity index is 2.44. The number of hydrogen-bond acceptors (Lipinski definition) is 4. The van der Waals surface area contributed by atoms with Crippen LogP contribution in [0.3, 0.4) is 0 Å². The van der Waals surface area contributed by atoms with E-state index in [1.54, 1.807) is 11.3 Å². The zero-order valence-corrected chi connectivity index (χ0v) is 9.50. The average molecular weight is 222 g/mol. The van der Waals surface area contributed by atoms with Gasteiger partial charge in [0.2, 0.25) is 0 Å². The van der Waals surface area contributed by atoms with Gasteiger partial charge in [0, 0.05) is 29.4 Å². The van der Waals surface area contributed by atoms with Gasteiger partial charge >= 0.3 is 0 Å². The van der Waals surface area contributed by atoms with E-state index < -0.39 is 0 Å². The first-order valence-electron chi connectivity index (χ1n) is 5.05. The van der Waals surface area contributed by atoms with Crippen LogP contribution in [0.2, 0.25) is 0 Å². The van der Waals surface area contributed by atoms with Gasteiger partial charge in [0.15, 0.2) is 0 Å². The van der Waals surface area contributed by atoms with E-state index in [9.17, 15) is 0 Å². The van der Waals surface area contributed by atoms with Crippen LogP contribution in [0.1, 0.15) is 6.92 Å². The number of rotatable bonds is 4. The molecular formula is C11H14N2OS. The summed E-state index contributed by atoms with van der Waals surface area (Å²) in [6.45, 7) is 3.74. The second kappa shape index (κ2) is 4.59. The maximum atomic E-state index is 8.98. The quantitative estimate of drug-likeness (QED) is 0.860. The van der Waals surface area contributed by atoms with Crippen molar-refractivity contribution in [1.82, 2.24) is 4.98 Å². The average Bonchev–Trinajstić information content (AvgIpc) is 2.73. The van der Waals surface area contributed by atoms with E-state index in [4.69, 9.17) is 5.11 Å². The van der Waals surface area contributed by atoms with Gasteiger partial charge in [-0.15, -0.1) is 11.3 Å². The summed E-state index contributed by atoms with van der Waals surface area (Å²) < 4.78 is 1.25. The fourth-order valence-corrected chi connectivity index (χ4v) is 2.44. The predicted octanol–water partition coefficient (Wildman–Crippen LogP) is 2.11. The highest BCUT2D eigenvalue weighted by Crippen LogP contribution is 2.27. The molecule has 0 saturated heterocycles. The number of nitrogens with zero attached hydrogens (tertiary/aromatic N) is 2. The summed E-state index contributed by atoms with van der Waals surface area (Å²) in [6, 6.07) is 4.11. The van der Waals surface area contributed by atoms with Crippen LogP contribution in [0.5, 0.6) is 0 Å². The zero-order chi connectivity index (χ0) is 10.7. The molecule has 0 amide bonds. The number of likely N-dealkylation sites (N-methyl/N-ethyl adjacent to an activating group) is 1. The van der Waals surface area contributed by atoms with Crippen molar-refractivity contribution in [3.8, 4) is 0 Å². The molecule has 2 rings (SSSR count). The van der Waals surface area contributed by atoms with Gasteiger partial charge in [0.25, 0.3) is 0 Å². The lowest BCUT2D eigenvalue weighted by atomic mass is 10.3. The first kappa shape index (κ1) is 10.4. The molecule has 3 nitrogen and oxygen atoms in total. The maximum absolute atomic E-state index is 8.98. The first-order chi connectivity index (χ1) is 7.36. The molecule has 0 aliphatic heterocycles. The molecule has 0 bridgehead atoms. The van der Waals surface area contributed by atoms with Crippen LogP contribution in [0.25, 0.3) is 10.1 Å². The topological polar surface area (TPSA) is 36.4 Å². The standard InChI is InChI=1S/C11H14N2OS/c1-2-13(6-7-14)11-9-4-8-15-10(9)3-5-12-11/h3-5,8,14H,2,6-7H2,1H3. The minimum Gasteiger partial charge on any atom is -0.395 e. The highest BCUT2D eigenvalue weighted by molar-refractivity contribution is 7.17. The molecule has 0 aliphatic carbocycles. The van der Waals surface area contributed by atoms with Crippen LogP contribution < -0.4 is 4.90 Å². The van der Waals surface area contributed by atoms with Gasteiger partial charge in [-0.1, -0.05) is 0 Å². The summed E-state index contributed by atoms with van der Waals surface area (Å²) in [6.07, 6.45) is 1.83. The van der Waals surface area contributed by atoms with Crippen molar-refractivity contribution in [2.75, 3.05) is 24.6 Å². The van der Waals surface area contributed by atoms with E-state index in [0.717, 1.165) is 12.4 Å². The molecule has 2 heterocycles. The van der Waals surface area contributed by atoms with Gasteiger partial charge < -0.3 is 10.0 Å². The third-order valence-corrected chi connectivity index (χ3v) is 3.29. The summed E-state index contributed by atoms with van der Waals surface area (Å²) in [7, 11) is 0. The fraction of sp³-hybridized carbons (Fsp3) is 0.364. The highest BCUT2D eigenvalue weighted by atomic mass is 32.1. The van der Waals surface area contributed by atoms with Crippen LogP contribution in [0.15, 0.2) is 23.7 Å². The van der Waals surface area contributed by atoms with Crippen LogP contribution in [0, 0.1) is 0 Å². The number of aromatic nitrogens is 1. The molecular weight excluding hydrogens is 208 g/mol. The largest absolute Gasteiger partial charge is 0.395 e. The monoisotopic (exact) mass is 222 g/mol. The number of pyridine rings is 1. The van der Waals surface area contributed by atoms with E-state index in [1.165, 1.54) is 10.1 Å². The molecule has 0 aromatic carbocycles. The molecule has 2 aromatic heterocycles. The normalized spacial score (nSPS) is 10.8. The maximum Gasteiger partial charge on any atom is 0.137 e. The van der Waals surface area contributed by atoms with Gasteiger partial charge in [-0.05, 0) is 24.4 Å². The number of hydrogen-bond donors (Lipinski definition) is 1. The third-order valence-electron chi connectivity index (χ3n) is 2.41. The third kappa shape index (κ3) is 1.96. The number of thiophene rings is 1.